The maximum atomic E-state index is 13.4. The highest BCUT2D eigenvalue weighted by molar-refractivity contribution is 6.23. The molecule has 8 heterocycles. The van der Waals surface area contributed by atoms with Crippen LogP contribution in [-0.4, -0.2) is 157 Å². The minimum atomic E-state index is -0.974. The van der Waals surface area contributed by atoms with E-state index >= 15 is 0 Å². The highest BCUT2D eigenvalue weighted by Gasteiger charge is 2.45. The molecule has 324 valence electrons. The normalized spacial score (nSPS) is 25.1. The van der Waals surface area contributed by atoms with Crippen LogP contribution >= 0.6 is 0 Å². The van der Waals surface area contributed by atoms with Crippen molar-refractivity contribution in [2.75, 3.05) is 106 Å². The molecular weight excluding hydrogens is 793 g/mol. The third kappa shape index (κ3) is 7.60. The molecule has 62 heavy (non-hydrogen) atoms. The number of nitrogens with zero attached hydrogens (tertiary/aromatic N) is 9. The standard InChI is InChI=1S/C44H52N12O6/c1-50-15-20-55(44(50)61)31-3-2-13-54(25-31)43-46-22-34(38(45)36-26-62-36)39(49-43)47-28-4-6-29(7-5-28)52-18-16-51(17-19-52)23-27-12-14-53(24-27)30-8-9-32-33(21-30)42(60)56(41(32)59)35-10-11-37(57)48-40(35)58/h4-9,21-22,27,31,35H,2-3,10-20,23-26,45H2,1H3,(H,46,47,49)(H,48,57,58)/b38-36+/t27?,31-,35?/m1/s1. The number of piperazine rings is 1. The van der Waals surface area contributed by atoms with Gasteiger partial charge in [-0.2, -0.15) is 4.98 Å². The Morgan fingerprint density at radius 3 is 2.35 bits per heavy atom. The summed E-state index contributed by atoms with van der Waals surface area (Å²) in [7, 11) is 1.85. The number of benzene rings is 2. The number of anilines is 5. The van der Waals surface area contributed by atoms with Crippen LogP contribution in [0.3, 0.4) is 0 Å². The summed E-state index contributed by atoms with van der Waals surface area (Å²) in [5.41, 5.74) is 11.3. The van der Waals surface area contributed by atoms with Gasteiger partial charge < -0.3 is 40.3 Å². The summed E-state index contributed by atoms with van der Waals surface area (Å²) in [6.45, 7) is 9.89. The number of nitrogens with one attached hydrogen (secondary N) is 2. The van der Waals surface area contributed by atoms with Gasteiger partial charge in [-0.15, -0.1) is 0 Å². The Kier molecular flexibility index (Phi) is 10.3. The van der Waals surface area contributed by atoms with E-state index in [-0.39, 0.29) is 24.9 Å². The van der Waals surface area contributed by atoms with Crippen LogP contribution in [-0.2, 0) is 14.3 Å². The molecule has 0 radical (unpaired) electrons. The quantitative estimate of drug-likeness (QED) is 0.199. The topological polar surface area (TPSA) is 196 Å². The van der Waals surface area contributed by atoms with Crippen molar-refractivity contribution in [2.45, 2.75) is 44.2 Å². The first-order valence-electron chi connectivity index (χ1n) is 21.8. The molecule has 0 saturated carbocycles. The van der Waals surface area contributed by atoms with Crippen LogP contribution in [0.5, 0.6) is 0 Å². The van der Waals surface area contributed by atoms with Crippen LogP contribution < -0.4 is 31.1 Å². The number of imide groups is 2. The molecule has 0 aliphatic carbocycles. The largest absolute Gasteiger partial charge is 0.484 e. The summed E-state index contributed by atoms with van der Waals surface area (Å²) < 4.78 is 5.43. The number of hydrogen-bond acceptors (Lipinski definition) is 14. The molecule has 2 aromatic carbocycles. The van der Waals surface area contributed by atoms with E-state index in [9.17, 15) is 24.0 Å². The number of fused-ring (bicyclic) bond motifs is 1. The number of urea groups is 1. The number of rotatable bonds is 10. The Bertz CT molecular complexity index is 2340. The maximum Gasteiger partial charge on any atom is 0.320 e. The number of carbonyl (C=O) groups excluding carboxylic acids is 5. The van der Waals surface area contributed by atoms with Crippen LogP contribution in [0.1, 0.15) is 58.4 Å². The van der Waals surface area contributed by atoms with Crippen molar-refractivity contribution < 1.29 is 28.7 Å². The van der Waals surface area contributed by atoms with Crippen LogP contribution in [0.15, 0.2) is 54.4 Å². The molecule has 6 fully saturated rings. The second kappa shape index (κ2) is 16.1. The predicted octanol–water partition coefficient (Wildman–Crippen LogP) is 2.26. The Morgan fingerprint density at radius 1 is 0.839 bits per heavy atom. The average molecular weight is 845 g/mol. The van der Waals surface area contributed by atoms with Gasteiger partial charge in [-0.05, 0) is 74.1 Å². The fourth-order valence-electron chi connectivity index (χ4n) is 9.87. The monoisotopic (exact) mass is 844 g/mol. The number of nitrogens with two attached hydrogens (primary N) is 1. The number of carbonyl (C=O) groups is 5. The summed E-state index contributed by atoms with van der Waals surface area (Å²) in [4.78, 5) is 87.4. The molecule has 2 unspecified atom stereocenters. The van der Waals surface area contributed by atoms with Crippen LogP contribution in [0.4, 0.5) is 33.6 Å². The molecule has 3 aromatic rings. The molecule has 0 bridgehead atoms. The van der Waals surface area contributed by atoms with E-state index < -0.39 is 29.7 Å². The van der Waals surface area contributed by atoms with E-state index in [0.717, 1.165) is 112 Å². The molecule has 10 rings (SSSR count). The Morgan fingerprint density at radius 2 is 1.61 bits per heavy atom. The van der Waals surface area contributed by atoms with Gasteiger partial charge in [0, 0.05) is 109 Å². The number of aromatic nitrogens is 2. The zero-order valence-electron chi connectivity index (χ0n) is 34.9. The van der Waals surface area contributed by atoms with Crippen molar-refractivity contribution in [3.05, 3.63) is 71.1 Å². The molecule has 4 N–H and O–H groups in total. The highest BCUT2D eigenvalue weighted by Crippen LogP contribution is 2.35. The number of epoxide rings is 1. The lowest BCUT2D eigenvalue weighted by Crippen LogP contribution is -2.54. The molecule has 6 saturated heterocycles. The van der Waals surface area contributed by atoms with E-state index in [1.54, 1.807) is 23.2 Å². The Balaban J connectivity index is 0.735. The summed E-state index contributed by atoms with van der Waals surface area (Å²) in [6, 6.07) is 13.0. The molecule has 7 aliphatic heterocycles. The van der Waals surface area contributed by atoms with Gasteiger partial charge >= 0.3 is 6.03 Å². The van der Waals surface area contributed by atoms with Crippen molar-refractivity contribution in [3.63, 3.8) is 0 Å². The van der Waals surface area contributed by atoms with Gasteiger partial charge in [0.05, 0.1) is 28.4 Å². The van der Waals surface area contributed by atoms with Crippen molar-refractivity contribution in [1.82, 2.24) is 34.9 Å². The molecule has 1 aromatic heterocycles. The highest BCUT2D eigenvalue weighted by atomic mass is 16.6. The van der Waals surface area contributed by atoms with Crippen LogP contribution in [0.25, 0.3) is 5.70 Å². The van der Waals surface area contributed by atoms with Crippen molar-refractivity contribution in [3.8, 4) is 0 Å². The van der Waals surface area contributed by atoms with E-state index in [1.807, 2.05) is 18.0 Å². The smallest absolute Gasteiger partial charge is 0.320 e. The maximum absolute atomic E-state index is 13.4. The zero-order chi connectivity index (χ0) is 42.6. The SMILES string of the molecule is CN1CCN([C@@H]2CCCN(c3ncc(/C(N)=C4/CO4)c(Nc4ccc(N5CCN(CC6CCN(c7ccc8c(c7)C(=O)N(C7CCC(=O)NC7=O)C8=O)C6)CC5)cc4)n3)C2)C1=O. The molecule has 3 atom stereocenters. The van der Waals surface area contributed by atoms with E-state index in [1.165, 1.54) is 0 Å². The summed E-state index contributed by atoms with van der Waals surface area (Å²) in [6.07, 6.45) is 4.93. The van der Waals surface area contributed by atoms with Gasteiger partial charge in [0.2, 0.25) is 17.8 Å². The first-order chi connectivity index (χ1) is 30.1. The lowest BCUT2D eigenvalue weighted by molar-refractivity contribution is -0.136. The van der Waals surface area contributed by atoms with Gasteiger partial charge in [-0.25, -0.2) is 9.78 Å². The molecule has 0 spiro atoms. The van der Waals surface area contributed by atoms with E-state index in [4.69, 9.17) is 20.4 Å². The number of likely N-dealkylation sites (N-methyl/N-ethyl adjacent to an activating group) is 1. The minimum absolute atomic E-state index is 0.0839. The summed E-state index contributed by atoms with van der Waals surface area (Å²) >= 11 is 0. The number of amides is 6. The van der Waals surface area contributed by atoms with Gasteiger partial charge in [0.15, 0.2) is 5.76 Å². The third-order valence-electron chi connectivity index (χ3n) is 13.5. The zero-order valence-corrected chi connectivity index (χ0v) is 34.9. The Hall–Kier alpha value is -6.43. The van der Waals surface area contributed by atoms with Gasteiger partial charge in [0.1, 0.15) is 18.5 Å². The summed E-state index contributed by atoms with van der Waals surface area (Å²) in [5.74, 6) is 0.449. The third-order valence-corrected chi connectivity index (χ3v) is 13.5. The van der Waals surface area contributed by atoms with Crippen molar-refractivity contribution in [1.29, 1.82) is 0 Å². The predicted molar refractivity (Wildman–Crippen MR) is 231 cm³/mol. The van der Waals surface area contributed by atoms with Crippen molar-refractivity contribution >= 4 is 64.2 Å². The lowest BCUT2D eigenvalue weighted by Gasteiger charge is -2.37. The Labute approximate surface area is 359 Å². The second-order valence-corrected chi connectivity index (χ2v) is 17.4. The lowest BCUT2D eigenvalue weighted by atomic mass is 10.0. The number of piperidine rings is 2. The van der Waals surface area contributed by atoms with Crippen LogP contribution in [0.2, 0.25) is 0 Å². The second-order valence-electron chi connectivity index (χ2n) is 17.4. The molecule has 18 nitrogen and oxygen atoms in total. The van der Waals surface area contributed by atoms with E-state index in [0.29, 0.717) is 53.2 Å². The molecular formula is C44H52N12O6. The molecule has 7 aliphatic rings. The number of hydrogen-bond donors (Lipinski definition) is 3. The fraction of sp³-hybridized carbons (Fsp3) is 0.477. The first kappa shape index (κ1) is 39.7. The molecule has 6 amide bonds. The number of ether oxygens (including phenoxy) is 1. The van der Waals surface area contributed by atoms with Gasteiger partial charge in [0.25, 0.3) is 11.8 Å². The molecule has 18 heteroatoms. The first-order valence-corrected chi connectivity index (χ1v) is 21.8. The summed E-state index contributed by atoms with van der Waals surface area (Å²) in [5, 5.41) is 5.77. The van der Waals surface area contributed by atoms with E-state index in [2.05, 4.69) is 54.5 Å². The average Bonchev–Trinajstić information content (AvgIpc) is 3.88. The van der Waals surface area contributed by atoms with Crippen molar-refractivity contribution in [2.24, 2.45) is 11.7 Å². The fourth-order valence-corrected chi connectivity index (χ4v) is 9.87. The van der Waals surface area contributed by atoms with Gasteiger partial charge in [-0.1, -0.05) is 0 Å². The minimum Gasteiger partial charge on any atom is -0.484 e. The van der Waals surface area contributed by atoms with Crippen LogP contribution in [0, 0.1) is 5.92 Å². The van der Waals surface area contributed by atoms with Gasteiger partial charge in [-0.3, -0.25) is 34.3 Å².